The Morgan fingerprint density at radius 2 is 1.61 bits per heavy atom. The fourth-order valence-corrected chi connectivity index (χ4v) is 4.66. The van der Waals surface area contributed by atoms with Crippen LogP contribution in [0.15, 0.2) is 83.8 Å². The van der Waals surface area contributed by atoms with E-state index in [-0.39, 0.29) is 36.5 Å². The van der Waals surface area contributed by atoms with Gasteiger partial charge in [-0.15, -0.1) is 11.8 Å². The van der Waals surface area contributed by atoms with Gasteiger partial charge < -0.3 is 10.2 Å². The van der Waals surface area contributed by atoms with Gasteiger partial charge in [0.1, 0.15) is 11.9 Å². The van der Waals surface area contributed by atoms with Crippen LogP contribution in [0.2, 0.25) is 0 Å². The van der Waals surface area contributed by atoms with Gasteiger partial charge in [-0.3, -0.25) is 9.59 Å². The van der Waals surface area contributed by atoms with Crippen LogP contribution in [0.5, 0.6) is 0 Å². The van der Waals surface area contributed by atoms with Crippen molar-refractivity contribution in [1.29, 1.82) is 0 Å². The molecule has 0 fully saturated rings. The van der Waals surface area contributed by atoms with Gasteiger partial charge in [0, 0.05) is 42.1 Å². The lowest BCUT2D eigenvalue weighted by Gasteiger charge is -2.32. The van der Waals surface area contributed by atoms with Crippen molar-refractivity contribution in [2.75, 3.05) is 12.3 Å². The van der Waals surface area contributed by atoms with Crippen molar-refractivity contribution in [1.82, 2.24) is 10.2 Å². The van der Waals surface area contributed by atoms with Gasteiger partial charge >= 0.3 is 0 Å². The minimum Gasteiger partial charge on any atom is -0.354 e. The zero-order valence-electron chi connectivity index (χ0n) is 21.2. The normalized spacial score (nSPS) is 11.8. The number of hydrogen-bond acceptors (Lipinski definition) is 3. The molecule has 3 aromatic rings. The molecular formula is C30H35FN2O2S. The van der Waals surface area contributed by atoms with Gasteiger partial charge in [0.25, 0.3) is 0 Å². The van der Waals surface area contributed by atoms with Crippen LogP contribution >= 0.6 is 11.8 Å². The zero-order chi connectivity index (χ0) is 25.9. The largest absolute Gasteiger partial charge is 0.354 e. The quantitative estimate of drug-likeness (QED) is 0.305. The van der Waals surface area contributed by atoms with Gasteiger partial charge in [-0.05, 0) is 36.6 Å². The molecule has 1 atom stereocenters. The van der Waals surface area contributed by atoms with E-state index in [9.17, 15) is 14.0 Å². The third kappa shape index (κ3) is 8.52. The zero-order valence-corrected chi connectivity index (χ0v) is 22.1. The average Bonchev–Trinajstić information content (AvgIpc) is 2.87. The van der Waals surface area contributed by atoms with Gasteiger partial charge in [0.05, 0.1) is 0 Å². The first kappa shape index (κ1) is 27.5. The topological polar surface area (TPSA) is 49.4 Å². The van der Waals surface area contributed by atoms with E-state index in [1.807, 2.05) is 75.4 Å². The van der Waals surface area contributed by atoms with Crippen LogP contribution in [0.3, 0.4) is 0 Å². The third-order valence-electron chi connectivity index (χ3n) is 5.86. The van der Waals surface area contributed by atoms with E-state index in [2.05, 4.69) is 5.32 Å². The van der Waals surface area contributed by atoms with E-state index in [0.29, 0.717) is 24.3 Å². The van der Waals surface area contributed by atoms with Crippen LogP contribution in [-0.2, 0) is 22.6 Å². The van der Waals surface area contributed by atoms with E-state index in [1.54, 1.807) is 34.9 Å². The second-order valence-electron chi connectivity index (χ2n) is 9.37. The number of hydrogen-bond donors (Lipinski definition) is 1. The molecule has 3 aromatic carbocycles. The van der Waals surface area contributed by atoms with Crippen LogP contribution in [0.1, 0.15) is 37.0 Å². The predicted octanol–water partition coefficient (Wildman–Crippen LogP) is 6.03. The van der Waals surface area contributed by atoms with Crippen molar-refractivity contribution in [3.8, 4) is 0 Å². The molecule has 0 spiro atoms. The molecule has 0 saturated carbocycles. The summed E-state index contributed by atoms with van der Waals surface area (Å²) in [6.45, 7) is 6.63. The Morgan fingerprint density at radius 1 is 0.944 bits per heavy atom. The summed E-state index contributed by atoms with van der Waals surface area (Å²) in [5.74, 6) is 0.0710. The van der Waals surface area contributed by atoms with Crippen molar-refractivity contribution >= 4 is 23.6 Å². The van der Waals surface area contributed by atoms with Gasteiger partial charge in [-0.2, -0.15) is 0 Å². The summed E-state index contributed by atoms with van der Waals surface area (Å²) >= 11 is 1.60. The highest BCUT2D eigenvalue weighted by molar-refractivity contribution is 7.99. The lowest BCUT2D eigenvalue weighted by Crippen LogP contribution is -2.51. The van der Waals surface area contributed by atoms with Crippen molar-refractivity contribution in [2.45, 2.75) is 51.1 Å². The second-order valence-corrected chi connectivity index (χ2v) is 10.5. The lowest BCUT2D eigenvalue weighted by molar-refractivity contribution is -0.141. The maximum atomic E-state index is 14.6. The molecular weight excluding hydrogens is 471 g/mol. The van der Waals surface area contributed by atoms with Gasteiger partial charge in [0.2, 0.25) is 11.8 Å². The third-order valence-corrected chi connectivity index (χ3v) is 6.87. The smallest absolute Gasteiger partial charge is 0.243 e. The summed E-state index contributed by atoms with van der Waals surface area (Å²) in [5.41, 5.74) is 2.52. The minimum atomic E-state index is -0.748. The maximum absolute atomic E-state index is 14.6. The van der Waals surface area contributed by atoms with Crippen LogP contribution in [0, 0.1) is 18.7 Å². The molecule has 0 heterocycles. The first-order valence-corrected chi connectivity index (χ1v) is 13.4. The highest BCUT2D eigenvalue weighted by Gasteiger charge is 2.30. The molecule has 0 bridgehead atoms. The number of nitrogens with zero attached hydrogens (tertiary/aromatic N) is 1. The minimum absolute atomic E-state index is 0.0350. The Bertz CT molecular complexity index is 1120. The summed E-state index contributed by atoms with van der Waals surface area (Å²) < 4.78 is 14.6. The molecule has 6 heteroatoms. The van der Waals surface area contributed by atoms with Crippen LogP contribution in [-0.4, -0.2) is 35.1 Å². The number of rotatable bonds is 12. The van der Waals surface area contributed by atoms with Crippen molar-refractivity contribution < 1.29 is 14.0 Å². The number of halogens is 1. The van der Waals surface area contributed by atoms with E-state index in [0.717, 1.165) is 10.5 Å². The summed E-state index contributed by atoms with van der Waals surface area (Å²) in [6.07, 6.45) is 0.603. The van der Waals surface area contributed by atoms with E-state index in [1.165, 1.54) is 11.6 Å². The Kier molecular flexibility index (Phi) is 10.6. The second kappa shape index (κ2) is 13.8. The first-order chi connectivity index (χ1) is 17.3. The SMILES string of the molecule is Cc1ccc(SCCC(=O)N(Cc2ccccc2F)[C@@H](Cc2ccccc2)C(=O)NCC(C)C)cc1. The van der Waals surface area contributed by atoms with E-state index in [4.69, 9.17) is 0 Å². The van der Waals surface area contributed by atoms with Crippen molar-refractivity contribution in [3.63, 3.8) is 0 Å². The fraction of sp³-hybridized carbons (Fsp3) is 0.333. The Morgan fingerprint density at radius 3 is 2.28 bits per heavy atom. The Labute approximate surface area is 218 Å². The number of carbonyl (C=O) groups is 2. The predicted molar refractivity (Wildman–Crippen MR) is 145 cm³/mol. The highest BCUT2D eigenvalue weighted by atomic mass is 32.2. The lowest BCUT2D eigenvalue weighted by atomic mass is 10.0. The fourth-order valence-electron chi connectivity index (χ4n) is 3.82. The maximum Gasteiger partial charge on any atom is 0.243 e. The molecule has 2 amide bonds. The molecule has 0 aliphatic heterocycles. The number of aryl methyl sites for hydroxylation is 1. The number of nitrogens with one attached hydrogen (secondary N) is 1. The van der Waals surface area contributed by atoms with Gasteiger partial charge in [-0.25, -0.2) is 4.39 Å². The molecule has 0 aromatic heterocycles. The molecule has 0 saturated heterocycles. The number of benzene rings is 3. The molecule has 0 radical (unpaired) electrons. The van der Waals surface area contributed by atoms with Crippen molar-refractivity contribution in [3.05, 3.63) is 101 Å². The highest BCUT2D eigenvalue weighted by Crippen LogP contribution is 2.22. The first-order valence-electron chi connectivity index (χ1n) is 12.4. The summed E-state index contributed by atoms with van der Waals surface area (Å²) in [5, 5.41) is 2.99. The van der Waals surface area contributed by atoms with Gasteiger partial charge in [0.15, 0.2) is 0 Å². The molecule has 0 aliphatic rings. The van der Waals surface area contributed by atoms with Crippen LogP contribution < -0.4 is 5.32 Å². The number of carbonyl (C=O) groups excluding carboxylic acids is 2. The Hall–Kier alpha value is -3.12. The Balaban J connectivity index is 1.84. The molecule has 4 nitrogen and oxygen atoms in total. The molecule has 1 N–H and O–H groups in total. The summed E-state index contributed by atoms with van der Waals surface area (Å²) in [6, 6.07) is 23.5. The number of thioether (sulfide) groups is 1. The average molecular weight is 507 g/mol. The summed E-state index contributed by atoms with van der Waals surface area (Å²) in [7, 11) is 0. The van der Waals surface area contributed by atoms with Crippen LogP contribution in [0.25, 0.3) is 0 Å². The monoisotopic (exact) mass is 506 g/mol. The molecule has 0 aliphatic carbocycles. The van der Waals surface area contributed by atoms with E-state index < -0.39 is 6.04 Å². The molecule has 190 valence electrons. The summed E-state index contributed by atoms with van der Waals surface area (Å²) in [4.78, 5) is 29.6. The van der Waals surface area contributed by atoms with E-state index >= 15 is 0 Å². The standard InChI is InChI=1S/C30H35FN2O2S/c1-22(2)20-32-30(35)28(19-24-9-5-4-6-10-24)33(21-25-11-7-8-12-27(25)31)29(34)17-18-36-26-15-13-23(3)14-16-26/h4-16,22,28H,17-21H2,1-3H3,(H,32,35)/t28-/m0/s1. The van der Waals surface area contributed by atoms with Crippen LogP contribution in [0.4, 0.5) is 4.39 Å². The van der Waals surface area contributed by atoms with Crippen molar-refractivity contribution in [2.24, 2.45) is 5.92 Å². The number of amides is 2. The molecule has 3 rings (SSSR count). The molecule has 0 unspecified atom stereocenters. The van der Waals surface area contributed by atoms with Gasteiger partial charge in [-0.1, -0.05) is 80.1 Å². The molecule has 36 heavy (non-hydrogen) atoms.